The molecule has 6 heteroatoms. The summed E-state index contributed by atoms with van der Waals surface area (Å²) in [5.41, 5.74) is 0.788. The molecule has 2 aromatic heterocycles. The van der Waals surface area contributed by atoms with Crippen LogP contribution in [0.3, 0.4) is 0 Å². The Kier molecular flexibility index (Phi) is 3.66. The third-order valence-corrected chi connectivity index (χ3v) is 2.39. The number of aromatic nitrogens is 3. The lowest BCUT2D eigenvalue weighted by Gasteiger charge is -2.04. The van der Waals surface area contributed by atoms with E-state index in [1.54, 1.807) is 38.4 Å². The van der Waals surface area contributed by atoms with Gasteiger partial charge in [-0.3, -0.25) is 9.78 Å². The van der Waals surface area contributed by atoms with Gasteiger partial charge in [0.05, 0.1) is 6.61 Å². The van der Waals surface area contributed by atoms with E-state index in [9.17, 15) is 4.79 Å². The fourth-order valence-corrected chi connectivity index (χ4v) is 1.40. The van der Waals surface area contributed by atoms with E-state index in [-0.39, 0.29) is 11.9 Å². The molecule has 0 amide bonds. The third-order valence-electron chi connectivity index (χ3n) is 2.39. The summed E-state index contributed by atoms with van der Waals surface area (Å²) in [7, 11) is 0. The summed E-state index contributed by atoms with van der Waals surface area (Å²) in [6.07, 6.45) is 3.28. The molecule has 2 heterocycles. The lowest BCUT2D eigenvalue weighted by Crippen LogP contribution is -2.13. The van der Waals surface area contributed by atoms with Gasteiger partial charge in [0, 0.05) is 18.0 Å². The second-order valence-corrected chi connectivity index (χ2v) is 3.67. The molecule has 0 aliphatic heterocycles. The van der Waals surface area contributed by atoms with Gasteiger partial charge < -0.3 is 9.26 Å². The van der Waals surface area contributed by atoms with Crippen LogP contribution in [0.25, 0.3) is 11.4 Å². The number of pyridine rings is 1. The Labute approximate surface area is 104 Å². The molecule has 94 valence electrons. The van der Waals surface area contributed by atoms with Gasteiger partial charge in [-0.1, -0.05) is 5.16 Å². The first kappa shape index (κ1) is 12.2. The van der Waals surface area contributed by atoms with Crippen molar-refractivity contribution in [2.75, 3.05) is 6.61 Å². The minimum absolute atomic E-state index is 0.250. The van der Waals surface area contributed by atoms with Crippen LogP contribution >= 0.6 is 0 Å². The Hall–Kier alpha value is -2.24. The third kappa shape index (κ3) is 2.53. The van der Waals surface area contributed by atoms with Crippen molar-refractivity contribution in [1.29, 1.82) is 0 Å². The average Bonchev–Trinajstić information content (AvgIpc) is 2.89. The van der Waals surface area contributed by atoms with E-state index < -0.39 is 5.92 Å². The van der Waals surface area contributed by atoms with Gasteiger partial charge in [-0.25, -0.2) is 0 Å². The van der Waals surface area contributed by atoms with Gasteiger partial charge in [0.25, 0.3) is 0 Å². The predicted molar refractivity (Wildman–Crippen MR) is 62.6 cm³/mol. The minimum Gasteiger partial charge on any atom is -0.465 e. The van der Waals surface area contributed by atoms with Crippen LogP contribution in [0, 0.1) is 0 Å². The van der Waals surface area contributed by atoms with Crippen molar-refractivity contribution >= 4 is 5.97 Å². The van der Waals surface area contributed by atoms with Crippen molar-refractivity contribution in [3.8, 4) is 11.4 Å². The Morgan fingerprint density at radius 2 is 2.17 bits per heavy atom. The molecule has 1 atom stereocenters. The quantitative estimate of drug-likeness (QED) is 0.766. The lowest BCUT2D eigenvalue weighted by atomic mass is 10.2. The highest BCUT2D eigenvalue weighted by molar-refractivity contribution is 5.76. The minimum atomic E-state index is -0.562. The van der Waals surface area contributed by atoms with Gasteiger partial charge in [0.1, 0.15) is 5.92 Å². The van der Waals surface area contributed by atoms with E-state index in [1.807, 2.05) is 0 Å². The van der Waals surface area contributed by atoms with E-state index in [2.05, 4.69) is 15.1 Å². The first-order valence-electron chi connectivity index (χ1n) is 5.63. The second-order valence-electron chi connectivity index (χ2n) is 3.67. The number of carbonyl (C=O) groups excluding carboxylic acids is 1. The predicted octanol–water partition coefficient (Wildman–Crippen LogP) is 1.80. The molecule has 1 unspecified atom stereocenters. The van der Waals surface area contributed by atoms with Crippen LogP contribution in [0.1, 0.15) is 25.7 Å². The highest BCUT2D eigenvalue weighted by atomic mass is 16.5. The SMILES string of the molecule is CCOC(=O)C(C)c1nc(-c2ccncc2)no1. The lowest BCUT2D eigenvalue weighted by molar-refractivity contribution is -0.145. The molecule has 0 bridgehead atoms. The highest BCUT2D eigenvalue weighted by Gasteiger charge is 2.23. The van der Waals surface area contributed by atoms with Crippen LogP contribution in [-0.4, -0.2) is 27.7 Å². The Balaban J connectivity index is 2.18. The zero-order valence-electron chi connectivity index (χ0n) is 10.2. The van der Waals surface area contributed by atoms with Crippen LogP contribution in [0.5, 0.6) is 0 Å². The van der Waals surface area contributed by atoms with E-state index in [0.29, 0.717) is 12.4 Å². The molecular weight excluding hydrogens is 234 g/mol. The number of ether oxygens (including phenoxy) is 1. The van der Waals surface area contributed by atoms with Crippen molar-refractivity contribution in [3.63, 3.8) is 0 Å². The molecule has 0 spiro atoms. The summed E-state index contributed by atoms with van der Waals surface area (Å²) in [4.78, 5) is 19.6. The van der Waals surface area contributed by atoms with Crippen molar-refractivity contribution in [3.05, 3.63) is 30.4 Å². The van der Waals surface area contributed by atoms with Crippen LogP contribution in [0.2, 0.25) is 0 Å². The molecule has 18 heavy (non-hydrogen) atoms. The maximum atomic E-state index is 11.5. The van der Waals surface area contributed by atoms with Crippen molar-refractivity contribution in [2.45, 2.75) is 19.8 Å². The first-order valence-corrected chi connectivity index (χ1v) is 5.63. The Morgan fingerprint density at radius 3 is 2.83 bits per heavy atom. The van der Waals surface area contributed by atoms with E-state index in [4.69, 9.17) is 9.26 Å². The summed E-state index contributed by atoms with van der Waals surface area (Å²) in [5, 5.41) is 3.83. The molecule has 0 aliphatic rings. The molecule has 0 radical (unpaired) electrons. The van der Waals surface area contributed by atoms with E-state index >= 15 is 0 Å². The number of nitrogens with zero attached hydrogens (tertiary/aromatic N) is 3. The molecule has 2 rings (SSSR count). The molecule has 0 fully saturated rings. The van der Waals surface area contributed by atoms with Gasteiger partial charge in [0.15, 0.2) is 0 Å². The molecule has 0 aromatic carbocycles. The summed E-state index contributed by atoms with van der Waals surface area (Å²) in [6, 6.07) is 3.54. The standard InChI is InChI=1S/C12H13N3O3/c1-3-17-12(16)8(2)11-14-10(15-18-11)9-4-6-13-7-5-9/h4-8H,3H2,1-2H3. The average molecular weight is 247 g/mol. The van der Waals surface area contributed by atoms with Crippen molar-refractivity contribution < 1.29 is 14.1 Å². The molecule has 6 nitrogen and oxygen atoms in total. The summed E-state index contributed by atoms with van der Waals surface area (Å²) in [6.45, 7) is 3.75. The zero-order chi connectivity index (χ0) is 13.0. The number of carbonyl (C=O) groups is 1. The molecule has 0 N–H and O–H groups in total. The van der Waals surface area contributed by atoms with Crippen LogP contribution in [0.15, 0.2) is 29.0 Å². The summed E-state index contributed by atoms with van der Waals surface area (Å²) in [5.74, 6) is -0.251. The summed E-state index contributed by atoms with van der Waals surface area (Å²) < 4.78 is 9.96. The van der Waals surface area contributed by atoms with Gasteiger partial charge in [-0.2, -0.15) is 4.98 Å². The fraction of sp³-hybridized carbons (Fsp3) is 0.333. The number of rotatable bonds is 4. The number of hydrogen-bond donors (Lipinski definition) is 0. The summed E-state index contributed by atoms with van der Waals surface area (Å²) >= 11 is 0. The Bertz CT molecular complexity index is 524. The number of hydrogen-bond acceptors (Lipinski definition) is 6. The first-order chi connectivity index (χ1) is 8.72. The smallest absolute Gasteiger partial charge is 0.318 e. The van der Waals surface area contributed by atoms with Gasteiger partial charge in [-0.15, -0.1) is 0 Å². The maximum Gasteiger partial charge on any atom is 0.318 e. The largest absolute Gasteiger partial charge is 0.465 e. The monoisotopic (exact) mass is 247 g/mol. The van der Waals surface area contributed by atoms with Crippen molar-refractivity contribution in [1.82, 2.24) is 15.1 Å². The van der Waals surface area contributed by atoms with Gasteiger partial charge in [0.2, 0.25) is 11.7 Å². The fourth-order valence-electron chi connectivity index (χ4n) is 1.40. The van der Waals surface area contributed by atoms with E-state index in [0.717, 1.165) is 5.56 Å². The van der Waals surface area contributed by atoms with Crippen LogP contribution in [0.4, 0.5) is 0 Å². The van der Waals surface area contributed by atoms with Gasteiger partial charge in [-0.05, 0) is 26.0 Å². The molecule has 0 saturated carbocycles. The maximum absolute atomic E-state index is 11.5. The zero-order valence-corrected chi connectivity index (χ0v) is 10.2. The molecular formula is C12H13N3O3. The number of esters is 1. The molecule has 0 aliphatic carbocycles. The highest BCUT2D eigenvalue weighted by Crippen LogP contribution is 2.19. The van der Waals surface area contributed by atoms with Crippen LogP contribution < -0.4 is 0 Å². The van der Waals surface area contributed by atoms with Crippen LogP contribution in [-0.2, 0) is 9.53 Å². The van der Waals surface area contributed by atoms with E-state index in [1.165, 1.54) is 0 Å². The van der Waals surface area contributed by atoms with Crippen molar-refractivity contribution in [2.24, 2.45) is 0 Å². The topological polar surface area (TPSA) is 78.1 Å². The molecule has 0 saturated heterocycles. The Morgan fingerprint density at radius 1 is 1.44 bits per heavy atom. The second kappa shape index (κ2) is 5.39. The normalized spacial score (nSPS) is 12.1. The van der Waals surface area contributed by atoms with Gasteiger partial charge >= 0.3 is 5.97 Å². The molecule has 2 aromatic rings.